The summed E-state index contributed by atoms with van der Waals surface area (Å²) in [5, 5.41) is 10.9. The fraction of sp³-hybridized carbons (Fsp3) is 0.333. The highest BCUT2D eigenvalue weighted by molar-refractivity contribution is 6.30. The highest BCUT2D eigenvalue weighted by Gasteiger charge is 2.08. The first-order valence-electron chi connectivity index (χ1n) is 7.00. The predicted octanol–water partition coefficient (Wildman–Crippen LogP) is 2.68. The number of carbonyl (C=O) groups excluding carboxylic acids is 1. The Hall–Kier alpha value is -1.56. The van der Waals surface area contributed by atoms with Gasteiger partial charge in [-0.05, 0) is 37.2 Å². The Morgan fingerprint density at radius 2 is 1.95 bits per heavy atom. The van der Waals surface area contributed by atoms with Crippen molar-refractivity contribution in [3.8, 4) is 5.69 Å². The van der Waals surface area contributed by atoms with E-state index in [4.69, 9.17) is 11.6 Å². The third-order valence-corrected chi connectivity index (χ3v) is 3.20. The molecule has 1 aromatic heterocycles. The summed E-state index contributed by atoms with van der Waals surface area (Å²) < 4.78 is 1.65. The molecule has 0 atom stereocenters. The minimum absolute atomic E-state index is 0. The fourth-order valence-corrected chi connectivity index (χ4v) is 1.97. The third-order valence-electron chi connectivity index (χ3n) is 2.95. The summed E-state index contributed by atoms with van der Waals surface area (Å²) in [6.07, 6.45) is 4.35. The summed E-state index contributed by atoms with van der Waals surface area (Å²) in [7, 11) is 0. The highest BCUT2D eigenvalue weighted by atomic mass is 35.5. The van der Waals surface area contributed by atoms with E-state index < -0.39 is 0 Å². The zero-order chi connectivity index (χ0) is 15.1. The van der Waals surface area contributed by atoms with Crippen LogP contribution in [0.2, 0.25) is 5.02 Å². The molecule has 120 valence electrons. The Kier molecular flexibility index (Phi) is 7.95. The van der Waals surface area contributed by atoms with E-state index in [0.29, 0.717) is 17.1 Å². The Labute approximate surface area is 141 Å². The van der Waals surface area contributed by atoms with Gasteiger partial charge in [0.25, 0.3) is 5.91 Å². The molecule has 2 N–H and O–H groups in total. The van der Waals surface area contributed by atoms with Gasteiger partial charge in [-0.25, -0.2) is 4.68 Å². The van der Waals surface area contributed by atoms with Gasteiger partial charge in [0.2, 0.25) is 0 Å². The van der Waals surface area contributed by atoms with Gasteiger partial charge in [-0.15, -0.1) is 12.4 Å². The summed E-state index contributed by atoms with van der Waals surface area (Å²) in [6.45, 7) is 4.44. The van der Waals surface area contributed by atoms with E-state index in [9.17, 15) is 4.79 Å². The van der Waals surface area contributed by atoms with Gasteiger partial charge in [-0.3, -0.25) is 4.79 Å². The van der Waals surface area contributed by atoms with Gasteiger partial charge < -0.3 is 10.6 Å². The monoisotopic (exact) mass is 342 g/mol. The van der Waals surface area contributed by atoms with Crippen LogP contribution in [0.4, 0.5) is 0 Å². The summed E-state index contributed by atoms with van der Waals surface area (Å²) in [5.74, 6) is -0.117. The van der Waals surface area contributed by atoms with Crippen molar-refractivity contribution in [1.82, 2.24) is 20.4 Å². The molecule has 2 aromatic rings. The zero-order valence-corrected chi connectivity index (χ0v) is 14.0. The molecule has 0 aliphatic heterocycles. The Bertz CT molecular complexity index is 583. The third kappa shape index (κ3) is 5.33. The average Bonchev–Trinajstić information content (AvgIpc) is 2.97. The SMILES string of the molecule is CCCNCCNC(=O)c1cnn(-c2ccc(Cl)cc2)c1.Cl. The van der Waals surface area contributed by atoms with Crippen molar-refractivity contribution < 1.29 is 4.79 Å². The Morgan fingerprint density at radius 3 is 2.64 bits per heavy atom. The van der Waals surface area contributed by atoms with Crippen LogP contribution >= 0.6 is 24.0 Å². The van der Waals surface area contributed by atoms with Crippen LogP contribution in [-0.2, 0) is 0 Å². The summed E-state index contributed by atoms with van der Waals surface area (Å²) in [4.78, 5) is 12.0. The zero-order valence-electron chi connectivity index (χ0n) is 12.4. The molecule has 0 aliphatic rings. The maximum Gasteiger partial charge on any atom is 0.254 e. The number of nitrogens with zero attached hydrogens (tertiary/aromatic N) is 2. The second-order valence-electron chi connectivity index (χ2n) is 4.66. The molecule has 0 saturated heterocycles. The molecule has 5 nitrogen and oxygen atoms in total. The van der Waals surface area contributed by atoms with E-state index in [2.05, 4.69) is 22.7 Å². The van der Waals surface area contributed by atoms with Gasteiger partial charge in [-0.1, -0.05) is 18.5 Å². The summed E-state index contributed by atoms with van der Waals surface area (Å²) in [6, 6.07) is 7.28. The van der Waals surface area contributed by atoms with Crippen molar-refractivity contribution in [2.45, 2.75) is 13.3 Å². The molecule has 0 saturated carbocycles. The van der Waals surface area contributed by atoms with E-state index in [1.54, 1.807) is 29.2 Å². The highest BCUT2D eigenvalue weighted by Crippen LogP contribution is 2.13. The number of halogens is 2. The van der Waals surface area contributed by atoms with Crippen molar-refractivity contribution in [2.75, 3.05) is 19.6 Å². The predicted molar refractivity (Wildman–Crippen MR) is 91.3 cm³/mol. The molecule has 22 heavy (non-hydrogen) atoms. The molecule has 1 amide bonds. The molecule has 1 aromatic carbocycles. The second-order valence-corrected chi connectivity index (χ2v) is 5.09. The number of rotatable bonds is 7. The normalized spacial score (nSPS) is 10.1. The lowest BCUT2D eigenvalue weighted by molar-refractivity contribution is 0.0954. The van der Waals surface area contributed by atoms with E-state index in [-0.39, 0.29) is 18.3 Å². The molecule has 0 bridgehead atoms. The number of benzene rings is 1. The van der Waals surface area contributed by atoms with Crippen molar-refractivity contribution in [2.24, 2.45) is 0 Å². The largest absolute Gasteiger partial charge is 0.351 e. The van der Waals surface area contributed by atoms with E-state index in [1.807, 2.05) is 12.1 Å². The molecule has 0 radical (unpaired) electrons. The second kappa shape index (κ2) is 9.46. The van der Waals surface area contributed by atoms with Crippen LogP contribution in [0.1, 0.15) is 23.7 Å². The molecule has 0 aliphatic carbocycles. The smallest absolute Gasteiger partial charge is 0.254 e. The first kappa shape index (κ1) is 18.5. The van der Waals surface area contributed by atoms with E-state index >= 15 is 0 Å². The van der Waals surface area contributed by atoms with Crippen LogP contribution in [0.25, 0.3) is 5.69 Å². The minimum atomic E-state index is -0.117. The number of carbonyl (C=O) groups is 1. The van der Waals surface area contributed by atoms with Crippen LogP contribution in [-0.4, -0.2) is 35.3 Å². The van der Waals surface area contributed by atoms with Crippen LogP contribution in [0.15, 0.2) is 36.7 Å². The first-order valence-corrected chi connectivity index (χ1v) is 7.38. The molecule has 1 heterocycles. The summed E-state index contributed by atoms with van der Waals surface area (Å²) >= 11 is 5.85. The molecular weight excluding hydrogens is 323 g/mol. The molecule has 0 spiro atoms. The molecule has 0 unspecified atom stereocenters. The molecule has 7 heteroatoms. The van der Waals surface area contributed by atoms with Crippen molar-refractivity contribution in [3.63, 3.8) is 0 Å². The maximum absolute atomic E-state index is 12.0. The van der Waals surface area contributed by atoms with Gasteiger partial charge >= 0.3 is 0 Å². The van der Waals surface area contributed by atoms with Crippen LogP contribution in [0.5, 0.6) is 0 Å². The number of hydrogen-bond donors (Lipinski definition) is 2. The quantitative estimate of drug-likeness (QED) is 0.760. The number of amides is 1. The molecule has 2 rings (SSSR count). The lowest BCUT2D eigenvalue weighted by Gasteiger charge is -2.04. The number of hydrogen-bond acceptors (Lipinski definition) is 3. The lowest BCUT2D eigenvalue weighted by atomic mass is 10.3. The van der Waals surface area contributed by atoms with E-state index in [0.717, 1.165) is 25.2 Å². The van der Waals surface area contributed by atoms with Gasteiger partial charge in [0, 0.05) is 24.3 Å². The lowest BCUT2D eigenvalue weighted by Crippen LogP contribution is -2.31. The van der Waals surface area contributed by atoms with Gasteiger partial charge in [0.1, 0.15) is 0 Å². The first-order chi connectivity index (χ1) is 10.2. The van der Waals surface area contributed by atoms with Crippen LogP contribution < -0.4 is 10.6 Å². The van der Waals surface area contributed by atoms with Crippen molar-refractivity contribution >= 4 is 29.9 Å². The van der Waals surface area contributed by atoms with Gasteiger partial charge in [0.05, 0.1) is 17.4 Å². The maximum atomic E-state index is 12.0. The Morgan fingerprint density at radius 1 is 1.23 bits per heavy atom. The number of nitrogens with one attached hydrogen (secondary N) is 2. The molecule has 0 fully saturated rings. The van der Waals surface area contributed by atoms with Crippen molar-refractivity contribution in [3.05, 3.63) is 47.2 Å². The summed E-state index contributed by atoms with van der Waals surface area (Å²) in [5.41, 5.74) is 1.41. The standard InChI is InChI=1S/C15H19ClN4O.ClH/c1-2-7-17-8-9-18-15(21)12-10-19-20(11-12)14-5-3-13(16)4-6-14;/h3-6,10-11,17H,2,7-9H2,1H3,(H,18,21);1H. The van der Waals surface area contributed by atoms with Crippen LogP contribution in [0.3, 0.4) is 0 Å². The van der Waals surface area contributed by atoms with Crippen molar-refractivity contribution in [1.29, 1.82) is 0 Å². The van der Waals surface area contributed by atoms with Crippen LogP contribution in [0, 0.1) is 0 Å². The minimum Gasteiger partial charge on any atom is -0.351 e. The average molecular weight is 343 g/mol. The molecular formula is C15H20Cl2N4O. The van der Waals surface area contributed by atoms with Gasteiger partial charge in [0.15, 0.2) is 0 Å². The number of aromatic nitrogens is 2. The van der Waals surface area contributed by atoms with Gasteiger partial charge in [-0.2, -0.15) is 5.10 Å². The fourth-order valence-electron chi connectivity index (χ4n) is 1.84. The Balaban J connectivity index is 0.00000242. The van der Waals surface area contributed by atoms with E-state index in [1.165, 1.54) is 0 Å². The topological polar surface area (TPSA) is 58.9 Å².